The average Bonchev–Trinajstić information content (AvgIpc) is 2.32. The molecular weight excluding hydrogens is 208 g/mol. The maximum atomic E-state index is 6.22. The zero-order chi connectivity index (χ0) is 12.5. The number of rotatable bonds is 2. The van der Waals surface area contributed by atoms with Crippen LogP contribution in [0.25, 0.3) is 0 Å². The minimum absolute atomic E-state index is 0.388. The summed E-state index contributed by atoms with van der Waals surface area (Å²) in [5.41, 5.74) is 6.61. The third-order valence-electron chi connectivity index (χ3n) is 5.34. The van der Waals surface area contributed by atoms with E-state index in [0.717, 1.165) is 12.5 Å². The van der Waals surface area contributed by atoms with Gasteiger partial charge >= 0.3 is 0 Å². The summed E-state index contributed by atoms with van der Waals surface area (Å²) in [6.07, 6.45) is 8.36. The van der Waals surface area contributed by atoms with Crippen molar-refractivity contribution in [2.24, 2.45) is 23.0 Å². The van der Waals surface area contributed by atoms with E-state index in [0.29, 0.717) is 17.4 Å². The van der Waals surface area contributed by atoms with Crippen LogP contribution in [-0.2, 0) is 0 Å². The van der Waals surface area contributed by atoms with Crippen LogP contribution in [-0.4, -0.2) is 30.6 Å². The first-order valence-electron chi connectivity index (χ1n) is 7.14. The molecule has 98 valence electrons. The fourth-order valence-corrected chi connectivity index (χ4v) is 3.43. The van der Waals surface area contributed by atoms with E-state index in [1.165, 1.54) is 32.4 Å². The molecule has 2 rings (SSSR count). The molecule has 1 heterocycles. The van der Waals surface area contributed by atoms with Gasteiger partial charge in [0, 0.05) is 25.7 Å². The van der Waals surface area contributed by atoms with Crippen molar-refractivity contribution in [1.82, 2.24) is 4.90 Å². The van der Waals surface area contributed by atoms with E-state index in [2.05, 4.69) is 37.8 Å². The lowest BCUT2D eigenvalue weighted by molar-refractivity contribution is 0.0306. The topological polar surface area (TPSA) is 29.3 Å². The summed E-state index contributed by atoms with van der Waals surface area (Å²) < 4.78 is 0. The second kappa shape index (κ2) is 5.11. The third-order valence-corrected chi connectivity index (χ3v) is 5.34. The highest BCUT2D eigenvalue weighted by Crippen LogP contribution is 2.44. The minimum atomic E-state index is 0.388. The first-order chi connectivity index (χ1) is 8.01. The van der Waals surface area contributed by atoms with E-state index in [-0.39, 0.29) is 0 Å². The smallest absolute Gasteiger partial charge is 0.0163 e. The maximum Gasteiger partial charge on any atom is 0.0163 e. The molecule has 0 aromatic rings. The number of nitrogens with zero attached hydrogens (tertiary/aromatic N) is 1. The molecule has 1 saturated carbocycles. The SMILES string of the molecule is CC1C(N)CCC(CN2CC=CCC2)C1(C)C. The number of nitrogens with two attached hydrogens (primary N) is 1. The molecule has 0 aromatic heterocycles. The van der Waals surface area contributed by atoms with Crippen molar-refractivity contribution in [1.29, 1.82) is 0 Å². The zero-order valence-electron chi connectivity index (χ0n) is 11.7. The van der Waals surface area contributed by atoms with Crippen molar-refractivity contribution in [3.8, 4) is 0 Å². The van der Waals surface area contributed by atoms with Crippen molar-refractivity contribution in [2.45, 2.75) is 46.1 Å². The van der Waals surface area contributed by atoms with Crippen molar-refractivity contribution >= 4 is 0 Å². The first-order valence-corrected chi connectivity index (χ1v) is 7.14. The van der Waals surface area contributed by atoms with Gasteiger partial charge in [-0.3, -0.25) is 4.90 Å². The Balaban J connectivity index is 1.98. The first kappa shape index (κ1) is 13.1. The van der Waals surface area contributed by atoms with Crippen LogP contribution in [0.4, 0.5) is 0 Å². The van der Waals surface area contributed by atoms with Crippen molar-refractivity contribution < 1.29 is 0 Å². The van der Waals surface area contributed by atoms with Crippen LogP contribution >= 0.6 is 0 Å². The summed E-state index contributed by atoms with van der Waals surface area (Å²) in [5.74, 6) is 1.45. The Morgan fingerprint density at radius 3 is 2.71 bits per heavy atom. The van der Waals surface area contributed by atoms with Gasteiger partial charge in [-0.25, -0.2) is 0 Å². The average molecular weight is 236 g/mol. The molecule has 2 N–H and O–H groups in total. The van der Waals surface area contributed by atoms with Gasteiger partial charge in [0.25, 0.3) is 0 Å². The van der Waals surface area contributed by atoms with Crippen LogP contribution in [0.1, 0.15) is 40.0 Å². The molecule has 0 aromatic carbocycles. The van der Waals surface area contributed by atoms with Crippen LogP contribution in [0.5, 0.6) is 0 Å². The molecule has 0 spiro atoms. The van der Waals surface area contributed by atoms with Gasteiger partial charge in [-0.15, -0.1) is 0 Å². The molecule has 2 aliphatic rings. The van der Waals surface area contributed by atoms with E-state index in [1.807, 2.05) is 0 Å². The summed E-state index contributed by atoms with van der Waals surface area (Å²) >= 11 is 0. The Morgan fingerprint density at radius 1 is 1.29 bits per heavy atom. The van der Waals surface area contributed by atoms with Gasteiger partial charge in [0.15, 0.2) is 0 Å². The fraction of sp³-hybridized carbons (Fsp3) is 0.867. The van der Waals surface area contributed by atoms with Gasteiger partial charge in [-0.05, 0) is 36.5 Å². The van der Waals surface area contributed by atoms with Crippen LogP contribution < -0.4 is 5.73 Å². The van der Waals surface area contributed by atoms with Gasteiger partial charge in [0.2, 0.25) is 0 Å². The third kappa shape index (κ3) is 2.74. The number of hydrogen-bond donors (Lipinski definition) is 1. The summed E-state index contributed by atoms with van der Waals surface area (Å²) in [5, 5.41) is 0. The Kier molecular flexibility index (Phi) is 3.94. The fourth-order valence-electron chi connectivity index (χ4n) is 3.43. The largest absolute Gasteiger partial charge is 0.327 e. The predicted molar refractivity (Wildman–Crippen MR) is 73.8 cm³/mol. The van der Waals surface area contributed by atoms with E-state index >= 15 is 0 Å². The summed E-state index contributed by atoms with van der Waals surface area (Å²) in [7, 11) is 0. The molecule has 1 aliphatic carbocycles. The maximum absolute atomic E-state index is 6.22. The summed E-state index contributed by atoms with van der Waals surface area (Å²) in [4.78, 5) is 2.61. The highest BCUT2D eigenvalue weighted by molar-refractivity contribution is 4.97. The minimum Gasteiger partial charge on any atom is -0.327 e. The highest BCUT2D eigenvalue weighted by Gasteiger charge is 2.41. The Hall–Kier alpha value is -0.340. The van der Waals surface area contributed by atoms with E-state index in [1.54, 1.807) is 0 Å². The van der Waals surface area contributed by atoms with Crippen molar-refractivity contribution in [3.05, 3.63) is 12.2 Å². The summed E-state index contributed by atoms with van der Waals surface area (Å²) in [6.45, 7) is 10.8. The van der Waals surface area contributed by atoms with E-state index < -0.39 is 0 Å². The molecule has 2 heteroatoms. The highest BCUT2D eigenvalue weighted by atomic mass is 15.1. The molecule has 17 heavy (non-hydrogen) atoms. The lowest BCUT2D eigenvalue weighted by Gasteiger charge is -2.48. The second-order valence-electron chi connectivity index (χ2n) is 6.57. The lowest BCUT2D eigenvalue weighted by atomic mass is 9.61. The van der Waals surface area contributed by atoms with Crippen LogP contribution in [0.15, 0.2) is 12.2 Å². The van der Waals surface area contributed by atoms with Gasteiger partial charge in [-0.1, -0.05) is 32.9 Å². The Morgan fingerprint density at radius 2 is 2.06 bits per heavy atom. The standard InChI is InChI=1S/C15H28N2/c1-12-14(16)8-7-13(15(12,2)3)11-17-9-5-4-6-10-17/h4-5,12-14H,6-11,16H2,1-3H3. The molecule has 0 saturated heterocycles. The molecular formula is C15H28N2. The Labute approximate surface area is 106 Å². The van der Waals surface area contributed by atoms with Crippen LogP contribution in [0.2, 0.25) is 0 Å². The molecule has 0 amide bonds. The Bertz CT molecular complexity index is 283. The molecule has 1 aliphatic heterocycles. The van der Waals surface area contributed by atoms with Crippen LogP contribution in [0, 0.1) is 17.3 Å². The summed E-state index contributed by atoms with van der Waals surface area (Å²) in [6, 6.07) is 0.405. The number of hydrogen-bond acceptors (Lipinski definition) is 2. The second-order valence-corrected chi connectivity index (χ2v) is 6.57. The van der Waals surface area contributed by atoms with Crippen molar-refractivity contribution in [2.75, 3.05) is 19.6 Å². The van der Waals surface area contributed by atoms with Gasteiger partial charge in [-0.2, -0.15) is 0 Å². The van der Waals surface area contributed by atoms with Gasteiger partial charge in [0.05, 0.1) is 0 Å². The lowest BCUT2D eigenvalue weighted by Crippen LogP contribution is -2.50. The molecule has 1 fully saturated rings. The molecule has 0 radical (unpaired) electrons. The molecule has 3 atom stereocenters. The van der Waals surface area contributed by atoms with Gasteiger partial charge in [0.1, 0.15) is 0 Å². The predicted octanol–water partition coefficient (Wildman–Crippen LogP) is 2.65. The van der Waals surface area contributed by atoms with Crippen LogP contribution in [0.3, 0.4) is 0 Å². The zero-order valence-corrected chi connectivity index (χ0v) is 11.7. The normalized spacial score (nSPS) is 38.2. The molecule has 3 unspecified atom stereocenters. The molecule has 0 bridgehead atoms. The van der Waals surface area contributed by atoms with Gasteiger partial charge < -0.3 is 5.73 Å². The monoisotopic (exact) mass is 236 g/mol. The van der Waals surface area contributed by atoms with E-state index in [4.69, 9.17) is 5.73 Å². The van der Waals surface area contributed by atoms with E-state index in [9.17, 15) is 0 Å². The quantitative estimate of drug-likeness (QED) is 0.747. The molecule has 2 nitrogen and oxygen atoms in total. The van der Waals surface area contributed by atoms with Crippen molar-refractivity contribution in [3.63, 3.8) is 0 Å².